The molecule has 1 saturated heterocycles. The molecule has 160 valence electrons. The van der Waals surface area contributed by atoms with Crippen LogP contribution < -0.4 is 15.5 Å². The van der Waals surface area contributed by atoms with Crippen molar-refractivity contribution < 1.29 is 14.0 Å². The van der Waals surface area contributed by atoms with E-state index < -0.39 is 17.8 Å². The minimum Gasteiger partial charge on any atom is -0.337 e. The topological polar surface area (TPSA) is 90.5 Å². The average molecular weight is 435 g/mol. The van der Waals surface area contributed by atoms with E-state index in [9.17, 15) is 14.0 Å². The molecule has 1 aliphatic rings. The van der Waals surface area contributed by atoms with E-state index in [1.54, 1.807) is 23.4 Å². The molecule has 2 N–H and O–H groups in total. The summed E-state index contributed by atoms with van der Waals surface area (Å²) in [5.41, 5.74) is 0.364. The normalized spacial score (nSPS) is 15.1. The summed E-state index contributed by atoms with van der Waals surface area (Å²) in [5, 5.41) is 5.40. The number of rotatable bonds is 5. The summed E-state index contributed by atoms with van der Waals surface area (Å²) in [6.45, 7) is 5.86. The Bertz CT molecular complexity index is 890. The molecule has 1 aliphatic heterocycles. The number of hydrogen-bond acceptors (Lipinski definition) is 5. The number of nitrogens with zero attached hydrogens (tertiary/aromatic N) is 4. The molecule has 30 heavy (non-hydrogen) atoms. The van der Waals surface area contributed by atoms with Gasteiger partial charge in [-0.25, -0.2) is 19.2 Å². The monoisotopic (exact) mass is 434 g/mol. The predicted molar refractivity (Wildman–Crippen MR) is 113 cm³/mol. The fourth-order valence-corrected chi connectivity index (χ4v) is 3.30. The predicted octanol–water partition coefficient (Wildman–Crippen LogP) is 2.76. The highest BCUT2D eigenvalue weighted by molar-refractivity contribution is 6.31. The lowest BCUT2D eigenvalue weighted by molar-refractivity contribution is -0.118. The van der Waals surface area contributed by atoms with Crippen molar-refractivity contribution in [3.63, 3.8) is 0 Å². The smallest absolute Gasteiger partial charge is 0.318 e. The summed E-state index contributed by atoms with van der Waals surface area (Å²) >= 11 is 5.77. The fraction of sp³-hybridized carbons (Fsp3) is 0.400. The standard InChI is InChI=1S/C20H24ClFN6O2/c1-13(2)17(18(29)25-14-4-5-16(22)15(21)12-14)26-20(30)28-10-8-27(9-11-28)19-23-6-3-7-24-19/h3-7,12-13,17H,8-11H2,1-2H3,(H,25,29)(H,26,30)/t17-/m0/s1. The molecule has 1 atom stereocenters. The Morgan fingerprint density at radius 1 is 1.13 bits per heavy atom. The lowest BCUT2D eigenvalue weighted by Crippen LogP contribution is -2.56. The highest BCUT2D eigenvalue weighted by Gasteiger charge is 2.28. The molecular formula is C20H24ClFN6O2. The second-order valence-corrected chi connectivity index (χ2v) is 7.72. The number of piperazine rings is 1. The van der Waals surface area contributed by atoms with Gasteiger partial charge < -0.3 is 20.4 Å². The summed E-state index contributed by atoms with van der Waals surface area (Å²) in [5.74, 6) is -0.473. The molecule has 0 aliphatic carbocycles. The maximum Gasteiger partial charge on any atom is 0.318 e. The van der Waals surface area contributed by atoms with E-state index in [2.05, 4.69) is 20.6 Å². The van der Waals surface area contributed by atoms with Crippen LogP contribution in [0.15, 0.2) is 36.7 Å². The molecule has 0 saturated carbocycles. The quantitative estimate of drug-likeness (QED) is 0.755. The van der Waals surface area contributed by atoms with E-state index in [4.69, 9.17) is 11.6 Å². The Morgan fingerprint density at radius 3 is 2.40 bits per heavy atom. The van der Waals surface area contributed by atoms with Crippen molar-refractivity contribution in [2.24, 2.45) is 5.92 Å². The van der Waals surface area contributed by atoms with E-state index in [-0.39, 0.29) is 17.0 Å². The van der Waals surface area contributed by atoms with Gasteiger partial charge in [0.15, 0.2) is 0 Å². The van der Waals surface area contributed by atoms with Crippen LogP contribution in [0.1, 0.15) is 13.8 Å². The van der Waals surface area contributed by atoms with Gasteiger partial charge in [-0.3, -0.25) is 4.79 Å². The summed E-state index contributed by atoms with van der Waals surface area (Å²) in [7, 11) is 0. The van der Waals surface area contributed by atoms with Gasteiger partial charge in [-0.2, -0.15) is 0 Å². The van der Waals surface area contributed by atoms with Crippen molar-refractivity contribution >= 4 is 35.2 Å². The molecule has 0 bridgehead atoms. The summed E-state index contributed by atoms with van der Waals surface area (Å²) in [4.78, 5) is 37.6. The SMILES string of the molecule is CC(C)[C@H](NC(=O)N1CCN(c2ncccn2)CC1)C(=O)Nc1ccc(F)c(Cl)c1. The molecule has 0 radical (unpaired) electrons. The number of urea groups is 1. The van der Waals surface area contributed by atoms with Crippen molar-refractivity contribution in [2.45, 2.75) is 19.9 Å². The van der Waals surface area contributed by atoms with Gasteiger partial charge in [0.05, 0.1) is 5.02 Å². The molecule has 8 nitrogen and oxygen atoms in total. The number of halogens is 2. The molecular weight excluding hydrogens is 411 g/mol. The third-order valence-electron chi connectivity index (χ3n) is 4.82. The van der Waals surface area contributed by atoms with Crippen LogP contribution >= 0.6 is 11.6 Å². The first-order valence-corrected chi connectivity index (χ1v) is 10.1. The van der Waals surface area contributed by atoms with Crippen molar-refractivity contribution in [3.8, 4) is 0 Å². The van der Waals surface area contributed by atoms with Gasteiger partial charge in [0.2, 0.25) is 11.9 Å². The summed E-state index contributed by atoms with van der Waals surface area (Å²) in [6.07, 6.45) is 3.36. The van der Waals surface area contributed by atoms with E-state index in [0.29, 0.717) is 37.8 Å². The Kier molecular flexibility index (Phi) is 7.04. The van der Waals surface area contributed by atoms with Crippen LogP contribution in [0.2, 0.25) is 5.02 Å². The zero-order valence-corrected chi connectivity index (χ0v) is 17.6. The van der Waals surface area contributed by atoms with E-state index in [0.717, 1.165) is 0 Å². The minimum absolute atomic E-state index is 0.0850. The minimum atomic E-state index is -0.753. The van der Waals surface area contributed by atoms with Crippen molar-refractivity contribution in [1.82, 2.24) is 20.2 Å². The Balaban J connectivity index is 1.57. The van der Waals surface area contributed by atoms with Gasteiger partial charge in [-0.15, -0.1) is 0 Å². The number of anilines is 2. The van der Waals surface area contributed by atoms with Crippen LogP contribution in [0, 0.1) is 11.7 Å². The second-order valence-electron chi connectivity index (χ2n) is 7.31. The van der Waals surface area contributed by atoms with Crippen LogP contribution in [0.3, 0.4) is 0 Å². The average Bonchev–Trinajstić information content (AvgIpc) is 2.75. The number of hydrogen-bond donors (Lipinski definition) is 2. The molecule has 0 spiro atoms. The van der Waals surface area contributed by atoms with Gasteiger partial charge in [0, 0.05) is 44.3 Å². The molecule has 0 unspecified atom stereocenters. The first-order valence-electron chi connectivity index (χ1n) is 9.68. The van der Waals surface area contributed by atoms with Crippen molar-refractivity contribution in [3.05, 3.63) is 47.5 Å². The summed E-state index contributed by atoms with van der Waals surface area (Å²) in [6, 6.07) is 4.62. The number of carbonyl (C=O) groups excluding carboxylic acids is 2. The molecule has 2 aromatic rings. The molecule has 1 aromatic carbocycles. The lowest BCUT2D eigenvalue weighted by atomic mass is 10.0. The third kappa shape index (κ3) is 5.35. The second kappa shape index (κ2) is 9.71. The van der Waals surface area contributed by atoms with Crippen LogP contribution in [0.5, 0.6) is 0 Å². The molecule has 1 aromatic heterocycles. The van der Waals surface area contributed by atoms with Crippen molar-refractivity contribution in [2.75, 3.05) is 36.4 Å². The van der Waals surface area contributed by atoms with Gasteiger partial charge in [0.1, 0.15) is 11.9 Å². The number of amides is 3. The van der Waals surface area contributed by atoms with Gasteiger partial charge in [-0.1, -0.05) is 25.4 Å². The Hall–Kier alpha value is -2.94. The zero-order chi connectivity index (χ0) is 21.7. The highest BCUT2D eigenvalue weighted by Crippen LogP contribution is 2.20. The van der Waals surface area contributed by atoms with E-state index in [1.807, 2.05) is 18.7 Å². The Labute approximate surface area is 179 Å². The Morgan fingerprint density at radius 2 is 1.80 bits per heavy atom. The summed E-state index contributed by atoms with van der Waals surface area (Å²) < 4.78 is 13.3. The first kappa shape index (κ1) is 21.8. The number of carbonyl (C=O) groups is 2. The molecule has 1 fully saturated rings. The maximum atomic E-state index is 13.3. The van der Waals surface area contributed by atoms with Crippen molar-refractivity contribution in [1.29, 1.82) is 0 Å². The maximum absolute atomic E-state index is 13.3. The van der Waals surface area contributed by atoms with Gasteiger partial charge in [-0.05, 0) is 30.2 Å². The number of aromatic nitrogens is 2. The van der Waals surface area contributed by atoms with Crippen LogP contribution in [-0.4, -0.2) is 59.0 Å². The zero-order valence-electron chi connectivity index (χ0n) is 16.8. The largest absolute Gasteiger partial charge is 0.337 e. The highest BCUT2D eigenvalue weighted by atomic mass is 35.5. The lowest BCUT2D eigenvalue weighted by Gasteiger charge is -2.35. The van der Waals surface area contributed by atoms with E-state index in [1.165, 1.54) is 18.2 Å². The van der Waals surface area contributed by atoms with Gasteiger partial charge in [0.25, 0.3) is 0 Å². The fourth-order valence-electron chi connectivity index (χ4n) is 3.12. The third-order valence-corrected chi connectivity index (χ3v) is 5.11. The molecule has 3 amide bonds. The number of benzene rings is 1. The number of nitrogens with one attached hydrogen (secondary N) is 2. The van der Waals surface area contributed by atoms with Crippen LogP contribution in [0.25, 0.3) is 0 Å². The van der Waals surface area contributed by atoms with Crippen LogP contribution in [-0.2, 0) is 4.79 Å². The molecule has 3 rings (SSSR count). The van der Waals surface area contributed by atoms with Gasteiger partial charge >= 0.3 is 6.03 Å². The van der Waals surface area contributed by atoms with Crippen LogP contribution in [0.4, 0.5) is 20.8 Å². The first-order chi connectivity index (χ1) is 14.3. The van der Waals surface area contributed by atoms with E-state index >= 15 is 0 Å². The molecule has 10 heteroatoms. The molecule has 2 heterocycles.